The van der Waals surface area contributed by atoms with Crippen LogP contribution in [0.15, 0.2) is 261 Å². The molecule has 0 aliphatic rings. The standard InChI is InChI=1S/2C14H12O2.2C12H9NO.C10H7NO.C7H4Cl2O/c15-10-13-7-4-8-14(9-13)16-11-12-5-2-1-3-6-12;15-10-12-6-8-14(9-7-12)16-11-13-4-2-1-3-5-13;14-9-10-1-3-11(4-2-10)12-5-7-13-8-6-12;14-9-11-3-1-2-4-12(11)10-5-7-13-8-6-10;12-7-9-6-5-8-3-1-2-4-10(8)11-9;8-6-3-1-2-5(4-10)7(6)9/h2*1-10H,11H2;2*1-9H;1-7H;1-4H. The highest BCUT2D eigenvalue weighted by atomic mass is 35.5. The maximum absolute atomic E-state index is 10.8. The number of carbonyl (C=O) groups excluding carboxylic acids is 6. The second kappa shape index (κ2) is 34.5. The summed E-state index contributed by atoms with van der Waals surface area (Å²) < 4.78 is 11.2. The highest BCUT2D eigenvalue weighted by Gasteiger charge is 2.04. The van der Waals surface area contributed by atoms with Crippen molar-refractivity contribution in [3.8, 4) is 33.8 Å². The Morgan fingerprint density at radius 2 is 0.866 bits per heavy atom. The molecule has 0 spiro atoms. The molecule has 0 fully saturated rings. The van der Waals surface area contributed by atoms with Gasteiger partial charge >= 0.3 is 0 Å². The van der Waals surface area contributed by atoms with Crippen LogP contribution in [0.2, 0.25) is 10.0 Å². The molecular formula is C69H53Cl2N3O8. The first kappa shape index (κ1) is 60.9. The van der Waals surface area contributed by atoms with Crippen molar-refractivity contribution in [2.45, 2.75) is 13.2 Å². The van der Waals surface area contributed by atoms with Crippen LogP contribution in [0.4, 0.5) is 0 Å². The largest absolute Gasteiger partial charge is 0.489 e. The Labute approximate surface area is 485 Å². The lowest BCUT2D eigenvalue weighted by molar-refractivity contribution is 0.111. The minimum Gasteiger partial charge on any atom is -0.489 e. The predicted octanol–water partition coefficient (Wildman–Crippen LogP) is 16.1. The first-order valence-electron chi connectivity index (χ1n) is 25.3. The first-order chi connectivity index (χ1) is 40.2. The lowest BCUT2D eigenvalue weighted by Gasteiger charge is -2.06. The van der Waals surface area contributed by atoms with Crippen molar-refractivity contribution in [3.63, 3.8) is 0 Å². The number of halogens is 2. The number of hydrogen-bond acceptors (Lipinski definition) is 11. The van der Waals surface area contributed by atoms with Gasteiger partial charge in [0.15, 0.2) is 18.9 Å². The van der Waals surface area contributed by atoms with E-state index in [-0.39, 0.29) is 0 Å². The number of benzene rings is 8. The van der Waals surface area contributed by atoms with E-state index < -0.39 is 0 Å². The van der Waals surface area contributed by atoms with Gasteiger partial charge < -0.3 is 9.47 Å². The minimum atomic E-state index is 0.319. The van der Waals surface area contributed by atoms with E-state index >= 15 is 0 Å². The van der Waals surface area contributed by atoms with Gasteiger partial charge in [0.2, 0.25) is 0 Å². The summed E-state index contributed by atoms with van der Waals surface area (Å²) >= 11 is 11.2. The van der Waals surface area contributed by atoms with Crippen molar-refractivity contribution < 1.29 is 38.2 Å². The molecule has 8 aromatic carbocycles. The zero-order chi connectivity index (χ0) is 58.0. The summed E-state index contributed by atoms with van der Waals surface area (Å²) in [6, 6.07) is 73.0. The number of para-hydroxylation sites is 1. The molecule has 0 bridgehead atoms. The molecule has 82 heavy (non-hydrogen) atoms. The van der Waals surface area contributed by atoms with Crippen LogP contribution < -0.4 is 9.47 Å². The van der Waals surface area contributed by atoms with E-state index in [0.717, 1.165) is 81.5 Å². The summed E-state index contributed by atoms with van der Waals surface area (Å²) in [4.78, 5) is 74.9. The second-order valence-electron chi connectivity index (χ2n) is 17.2. The third kappa shape index (κ3) is 20.5. The fourth-order valence-corrected chi connectivity index (χ4v) is 7.61. The summed E-state index contributed by atoms with van der Waals surface area (Å²) in [5, 5.41) is 1.79. The molecule has 0 saturated heterocycles. The molecule has 406 valence electrons. The third-order valence-electron chi connectivity index (χ3n) is 11.5. The quantitative estimate of drug-likeness (QED) is 0.0954. The van der Waals surface area contributed by atoms with Crippen LogP contribution in [0.1, 0.15) is 73.4 Å². The fraction of sp³-hybridized carbons (Fsp3) is 0.0290. The molecule has 0 radical (unpaired) electrons. The molecule has 0 N–H and O–H groups in total. The van der Waals surface area contributed by atoms with Gasteiger partial charge in [0.1, 0.15) is 49.3 Å². The molecular weight excluding hydrogens is 1070 g/mol. The summed E-state index contributed by atoms with van der Waals surface area (Å²) in [6.07, 6.45) is 11.7. The number of pyridine rings is 3. The second-order valence-corrected chi connectivity index (χ2v) is 17.9. The summed E-state index contributed by atoms with van der Waals surface area (Å²) in [6.45, 7) is 1.06. The Morgan fingerprint density at radius 1 is 0.366 bits per heavy atom. The van der Waals surface area contributed by atoms with Crippen LogP contribution in [0.3, 0.4) is 0 Å². The maximum Gasteiger partial charge on any atom is 0.168 e. The maximum atomic E-state index is 10.8. The van der Waals surface area contributed by atoms with E-state index in [9.17, 15) is 28.8 Å². The highest BCUT2D eigenvalue weighted by Crippen LogP contribution is 2.25. The Morgan fingerprint density at radius 3 is 1.44 bits per heavy atom. The highest BCUT2D eigenvalue weighted by molar-refractivity contribution is 6.43. The Kier molecular flexibility index (Phi) is 25.6. The number of aldehydes is 6. The lowest BCUT2D eigenvalue weighted by atomic mass is 10.0. The smallest absolute Gasteiger partial charge is 0.168 e. The molecule has 13 heteroatoms. The van der Waals surface area contributed by atoms with E-state index in [4.69, 9.17) is 32.7 Å². The van der Waals surface area contributed by atoms with Gasteiger partial charge in [-0.1, -0.05) is 181 Å². The summed E-state index contributed by atoms with van der Waals surface area (Å²) in [5.41, 5.74) is 10.9. The van der Waals surface area contributed by atoms with E-state index in [1.807, 2.05) is 176 Å². The predicted molar refractivity (Wildman–Crippen MR) is 324 cm³/mol. The number of ether oxygens (including phenoxy) is 2. The first-order valence-corrected chi connectivity index (χ1v) is 26.0. The number of aromatic nitrogens is 3. The van der Waals surface area contributed by atoms with Crippen molar-refractivity contribution in [2.24, 2.45) is 0 Å². The molecule has 0 atom stereocenters. The van der Waals surface area contributed by atoms with Crippen molar-refractivity contribution in [1.82, 2.24) is 15.0 Å². The number of hydrogen-bond donors (Lipinski definition) is 0. The Balaban J connectivity index is 0.000000159. The van der Waals surface area contributed by atoms with Crippen LogP contribution in [-0.4, -0.2) is 52.7 Å². The average Bonchev–Trinajstić information content (AvgIpc) is 3.58. The average molecular weight is 1120 g/mol. The molecule has 0 unspecified atom stereocenters. The van der Waals surface area contributed by atoms with Gasteiger partial charge in [-0.15, -0.1) is 0 Å². The van der Waals surface area contributed by atoms with Crippen molar-refractivity contribution in [3.05, 3.63) is 316 Å². The van der Waals surface area contributed by atoms with Gasteiger partial charge in [-0.05, 0) is 112 Å². The van der Waals surface area contributed by atoms with Crippen molar-refractivity contribution in [2.75, 3.05) is 0 Å². The normalized spacial score (nSPS) is 9.73. The molecule has 0 aliphatic heterocycles. The zero-order valence-electron chi connectivity index (χ0n) is 44.1. The SMILES string of the molecule is O=Cc1ccc(-c2ccncc2)cc1.O=Cc1ccc(OCc2ccccc2)cc1.O=Cc1ccc2ccccc2n1.O=Cc1cccc(Cl)c1Cl.O=Cc1cccc(OCc2ccccc2)c1.O=Cc1ccccc1-c1ccncc1. The van der Waals surface area contributed by atoms with E-state index in [1.165, 1.54) is 0 Å². The summed E-state index contributed by atoms with van der Waals surface area (Å²) in [7, 11) is 0. The van der Waals surface area contributed by atoms with Gasteiger partial charge in [0.05, 0.1) is 15.6 Å². The molecule has 3 heterocycles. The van der Waals surface area contributed by atoms with Crippen LogP contribution in [0.5, 0.6) is 11.5 Å². The van der Waals surface area contributed by atoms with Crippen molar-refractivity contribution in [1.29, 1.82) is 0 Å². The molecule has 3 aromatic heterocycles. The van der Waals surface area contributed by atoms with E-state index in [0.29, 0.717) is 68.8 Å². The molecule has 0 amide bonds. The van der Waals surface area contributed by atoms with Crippen molar-refractivity contribution >= 4 is 71.8 Å². The number of carbonyl (C=O) groups is 6. The Hall–Kier alpha value is -10.3. The third-order valence-corrected chi connectivity index (χ3v) is 12.3. The van der Waals surface area contributed by atoms with Gasteiger partial charge in [-0.3, -0.25) is 38.7 Å². The molecule has 11 nitrogen and oxygen atoms in total. The van der Waals surface area contributed by atoms with E-state index in [1.54, 1.807) is 85.5 Å². The van der Waals surface area contributed by atoms with Crippen LogP contribution in [0, 0.1) is 0 Å². The van der Waals surface area contributed by atoms with Crippen LogP contribution in [-0.2, 0) is 13.2 Å². The van der Waals surface area contributed by atoms with Crippen LogP contribution >= 0.6 is 23.2 Å². The van der Waals surface area contributed by atoms with Gasteiger partial charge in [-0.2, -0.15) is 0 Å². The zero-order valence-corrected chi connectivity index (χ0v) is 45.6. The molecule has 0 saturated carbocycles. The number of fused-ring (bicyclic) bond motifs is 1. The number of rotatable bonds is 14. The van der Waals surface area contributed by atoms with E-state index in [2.05, 4.69) is 15.0 Å². The fourth-order valence-electron chi connectivity index (χ4n) is 7.25. The molecule has 11 aromatic rings. The van der Waals surface area contributed by atoms with Crippen LogP contribution in [0.25, 0.3) is 33.2 Å². The number of nitrogens with zero attached hydrogens (tertiary/aromatic N) is 3. The lowest BCUT2D eigenvalue weighted by Crippen LogP contribution is -1.95. The monoisotopic (exact) mass is 1120 g/mol. The van der Waals surface area contributed by atoms with Gasteiger partial charge in [0, 0.05) is 58.0 Å². The van der Waals surface area contributed by atoms with Gasteiger partial charge in [-0.25, -0.2) is 4.98 Å². The molecule has 11 rings (SSSR count). The summed E-state index contributed by atoms with van der Waals surface area (Å²) in [5.74, 6) is 1.49. The Bertz CT molecular complexity index is 3730. The van der Waals surface area contributed by atoms with Gasteiger partial charge in [0.25, 0.3) is 0 Å². The molecule has 0 aliphatic carbocycles. The minimum absolute atomic E-state index is 0.319. The topological polar surface area (TPSA) is 160 Å².